The number of hydrogen-bond acceptors (Lipinski definition) is 7. The molecule has 0 aliphatic heterocycles. The van der Waals surface area contributed by atoms with Crippen LogP contribution in [0.15, 0.2) is 24.3 Å². The number of hydrogen-bond donors (Lipinski definition) is 2. The van der Waals surface area contributed by atoms with Crippen LogP contribution >= 0.6 is 0 Å². The molecule has 8 heteroatoms. The smallest absolute Gasteiger partial charge is 0.264 e. The van der Waals surface area contributed by atoms with Crippen LogP contribution in [0.1, 0.15) is 5.56 Å². The molecule has 0 amide bonds. The van der Waals surface area contributed by atoms with Crippen molar-refractivity contribution in [1.82, 2.24) is 0 Å². The molecule has 0 aliphatic carbocycles. The molecule has 0 radical (unpaired) electrons. The van der Waals surface area contributed by atoms with Crippen LogP contribution in [0.4, 0.5) is 0 Å². The third-order valence-corrected chi connectivity index (χ3v) is 3.22. The normalized spacial score (nSPS) is 14.7. The van der Waals surface area contributed by atoms with Gasteiger partial charge in [0.15, 0.2) is 0 Å². The maximum Gasteiger partial charge on any atom is 0.264 e. The Kier molecular flexibility index (Phi) is 7.06. The molecule has 120 valence electrons. The van der Waals surface area contributed by atoms with Crippen LogP contribution in [-0.2, 0) is 25.6 Å². The Morgan fingerprint density at radius 2 is 1.86 bits per heavy atom. The summed E-state index contributed by atoms with van der Waals surface area (Å²) in [7, 11) is -2.19. The van der Waals surface area contributed by atoms with Gasteiger partial charge >= 0.3 is 0 Å². The summed E-state index contributed by atoms with van der Waals surface area (Å²) in [6.07, 6.45) is -1.62. The van der Waals surface area contributed by atoms with Gasteiger partial charge in [-0.05, 0) is 17.7 Å². The molecule has 0 fully saturated rings. The van der Waals surface area contributed by atoms with E-state index in [1.54, 1.807) is 31.4 Å². The molecule has 0 bridgehead atoms. The minimum absolute atomic E-state index is 0.166. The number of rotatable bonds is 9. The van der Waals surface area contributed by atoms with Gasteiger partial charge in [-0.15, -0.1) is 0 Å². The molecule has 7 nitrogen and oxygen atoms in total. The third-order valence-electron chi connectivity index (χ3n) is 2.62. The van der Waals surface area contributed by atoms with E-state index in [0.717, 1.165) is 11.8 Å². The van der Waals surface area contributed by atoms with E-state index < -0.39 is 28.9 Å². The van der Waals surface area contributed by atoms with E-state index in [2.05, 4.69) is 4.18 Å². The summed E-state index contributed by atoms with van der Waals surface area (Å²) in [6, 6.07) is 7.14. The van der Waals surface area contributed by atoms with Crippen molar-refractivity contribution in [1.29, 1.82) is 0 Å². The minimum atomic E-state index is -3.75. The summed E-state index contributed by atoms with van der Waals surface area (Å²) in [5.41, 5.74) is 0.854. The number of aliphatic hydroxyl groups is 2. The highest BCUT2D eigenvalue weighted by molar-refractivity contribution is 7.86. The third kappa shape index (κ3) is 6.87. The first-order valence-corrected chi connectivity index (χ1v) is 8.05. The zero-order chi connectivity index (χ0) is 15.9. The van der Waals surface area contributed by atoms with Crippen LogP contribution in [0.5, 0.6) is 5.75 Å². The van der Waals surface area contributed by atoms with E-state index in [0.29, 0.717) is 5.75 Å². The molecule has 21 heavy (non-hydrogen) atoms. The zero-order valence-corrected chi connectivity index (χ0v) is 12.7. The Bertz CT molecular complexity index is 512. The fraction of sp³-hybridized carbons (Fsp3) is 0.538. The summed E-state index contributed by atoms with van der Waals surface area (Å²) in [5, 5.41) is 18.4. The predicted octanol–water partition coefficient (Wildman–Crippen LogP) is -0.0902. The zero-order valence-electron chi connectivity index (χ0n) is 11.9. The molecule has 0 spiro atoms. The number of aliphatic hydroxyl groups excluding tert-OH is 2. The van der Waals surface area contributed by atoms with E-state index in [4.69, 9.17) is 14.6 Å². The van der Waals surface area contributed by atoms with Gasteiger partial charge in [-0.1, -0.05) is 12.1 Å². The van der Waals surface area contributed by atoms with Crippen LogP contribution in [0.25, 0.3) is 0 Å². The number of ether oxygens (including phenoxy) is 2. The Balaban J connectivity index is 2.52. The van der Waals surface area contributed by atoms with Crippen LogP contribution in [0.3, 0.4) is 0 Å². The van der Waals surface area contributed by atoms with Crippen molar-refractivity contribution in [3.8, 4) is 5.75 Å². The lowest BCUT2D eigenvalue weighted by atomic mass is 10.2. The highest BCUT2D eigenvalue weighted by Gasteiger charge is 2.24. The van der Waals surface area contributed by atoms with Crippen molar-refractivity contribution in [2.24, 2.45) is 0 Å². The lowest BCUT2D eigenvalue weighted by molar-refractivity contribution is -0.0449. The van der Waals surface area contributed by atoms with Crippen LogP contribution < -0.4 is 4.74 Å². The van der Waals surface area contributed by atoms with Gasteiger partial charge in [0.05, 0.1) is 33.2 Å². The topological polar surface area (TPSA) is 102 Å². The van der Waals surface area contributed by atoms with Crippen molar-refractivity contribution >= 4 is 10.1 Å². The molecule has 1 rings (SSSR count). The second-order valence-corrected chi connectivity index (χ2v) is 6.05. The number of methoxy groups -OCH3 is 1. The molecule has 0 saturated heterocycles. The van der Waals surface area contributed by atoms with Gasteiger partial charge in [0.2, 0.25) is 0 Å². The van der Waals surface area contributed by atoms with E-state index >= 15 is 0 Å². The lowest BCUT2D eigenvalue weighted by Crippen LogP contribution is -2.37. The summed E-state index contributed by atoms with van der Waals surface area (Å²) < 4.78 is 37.2. The Morgan fingerprint density at radius 3 is 2.33 bits per heavy atom. The van der Waals surface area contributed by atoms with Gasteiger partial charge < -0.3 is 19.7 Å². The highest BCUT2D eigenvalue weighted by atomic mass is 32.2. The molecule has 1 aromatic rings. The fourth-order valence-corrected chi connectivity index (χ4v) is 2.19. The predicted molar refractivity (Wildman–Crippen MR) is 75.5 cm³/mol. The Hall–Kier alpha value is -1.19. The second kappa shape index (κ2) is 8.30. The summed E-state index contributed by atoms with van der Waals surface area (Å²) in [5.74, 6) is 0.715. The van der Waals surface area contributed by atoms with Crippen LogP contribution in [0.2, 0.25) is 0 Å². The maximum absolute atomic E-state index is 11.1. The highest BCUT2D eigenvalue weighted by Crippen LogP contribution is 2.13. The largest absolute Gasteiger partial charge is 0.497 e. The maximum atomic E-state index is 11.1. The van der Waals surface area contributed by atoms with Crippen molar-refractivity contribution in [3.05, 3.63) is 29.8 Å². The first-order chi connectivity index (χ1) is 9.85. The molecule has 1 aromatic carbocycles. The molecular formula is C13H20O7S. The first-order valence-electron chi connectivity index (χ1n) is 6.23. The summed E-state index contributed by atoms with van der Waals surface area (Å²) in [4.78, 5) is 0. The van der Waals surface area contributed by atoms with E-state index in [9.17, 15) is 13.5 Å². The lowest BCUT2D eigenvalue weighted by Gasteiger charge is -2.20. The molecule has 0 heterocycles. The molecule has 2 atom stereocenters. The quantitative estimate of drug-likeness (QED) is 0.613. The van der Waals surface area contributed by atoms with Crippen molar-refractivity contribution in [2.75, 3.05) is 26.6 Å². The average molecular weight is 320 g/mol. The number of benzene rings is 1. The molecule has 0 aromatic heterocycles. The van der Waals surface area contributed by atoms with Gasteiger partial charge in [-0.3, -0.25) is 4.18 Å². The Morgan fingerprint density at radius 1 is 1.24 bits per heavy atom. The van der Waals surface area contributed by atoms with Crippen LogP contribution in [0, 0.1) is 0 Å². The van der Waals surface area contributed by atoms with Crippen molar-refractivity contribution in [2.45, 2.75) is 18.8 Å². The molecule has 0 unspecified atom stereocenters. The van der Waals surface area contributed by atoms with Gasteiger partial charge in [0.25, 0.3) is 10.1 Å². The molecule has 0 aliphatic rings. The van der Waals surface area contributed by atoms with E-state index in [1.165, 1.54) is 0 Å². The monoisotopic (exact) mass is 320 g/mol. The summed E-state index contributed by atoms with van der Waals surface area (Å²) in [6.45, 7) is -0.571. The van der Waals surface area contributed by atoms with E-state index in [-0.39, 0.29) is 13.2 Å². The van der Waals surface area contributed by atoms with E-state index in [1.807, 2.05) is 0 Å². The van der Waals surface area contributed by atoms with Crippen molar-refractivity contribution in [3.63, 3.8) is 0 Å². The average Bonchev–Trinajstić information content (AvgIpc) is 2.44. The second-order valence-electron chi connectivity index (χ2n) is 4.45. The SMILES string of the molecule is COc1ccc(COC[C@H](OS(C)(=O)=O)[C@@H](O)CO)cc1. The Labute approximate surface area is 124 Å². The van der Waals surface area contributed by atoms with Gasteiger partial charge in [0, 0.05) is 0 Å². The molecule has 2 N–H and O–H groups in total. The minimum Gasteiger partial charge on any atom is -0.497 e. The fourth-order valence-electron chi connectivity index (χ4n) is 1.56. The van der Waals surface area contributed by atoms with Gasteiger partial charge in [0.1, 0.15) is 18.0 Å². The van der Waals surface area contributed by atoms with Crippen LogP contribution in [-0.4, -0.2) is 57.4 Å². The van der Waals surface area contributed by atoms with Crippen molar-refractivity contribution < 1.29 is 32.3 Å². The molecule has 0 saturated carbocycles. The summed E-state index contributed by atoms with van der Waals surface area (Å²) >= 11 is 0. The standard InChI is InChI=1S/C13H20O7S/c1-18-11-5-3-10(4-6-11)8-19-9-13(12(15)7-14)20-21(2,16)17/h3-6,12-15H,7-9H2,1-2H3/t12-,13-/m0/s1. The molecular weight excluding hydrogens is 300 g/mol. The first kappa shape index (κ1) is 17.9. The van der Waals surface area contributed by atoms with Gasteiger partial charge in [-0.2, -0.15) is 8.42 Å². The van der Waals surface area contributed by atoms with Gasteiger partial charge in [-0.25, -0.2) is 0 Å².